The molecule has 0 bridgehead atoms. The molecule has 21 heavy (non-hydrogen) atoms. The van der Waals surface area contributed by atoms with E-state index in [9.17, 15) is 0 Å². The van der Waals surface area contributed by atoms with E-state index < -0.39 is 0 Å². The quantitative estimate of drug-likeness (QED) is 0.679. The highest BCUT2D eigenvalue weighted by Crippen LogP contribution is 2.31. The Labute approximate surface area is 125 Å². The average molecular weight is 276 g/mol. The van der Waals surface area contributed by atoms with Crippen LogP contribution in [0.2, 0.25) is 0 Å². The van der Waals surface area contributed by atoms with Gasteiger partial charge in [-0.3, -0.25) is 0 Å². The van der Waals surface area contributed by atoms with E-state index in [-0.39, 0.29) is 0 Å². The van der Waals surface area contributed by atoms with Gasteiger partial charge in [-0.15, -0.1) is 0 Å². The molecule has 0 amide bonds. The van der Waals surface area contributed by atoms with E-state index >= 15 is 0 Å². The highest BCUT2D eigenvalue weighted by Gasteiger charge is 2.19. The molecule has 0 N–H and O–H groups in total. The molecular weight excluding hydrogens is 256 g/mol. The third-order valence-electron chi connectivity index (χ3n) is 4.64. The Morgan fingerprint density at radius 2 is 1.81 bits per heavy atom. The zero-order chi connectivity index (χ0) is 14.4. The van der Waals surface area contributed by atoms with Gasteiger partial charge in [0.15, 0.2) is 0 Å². The monoisotopic (exact) mass is 276 g/mol. The Kier molecular flexibility index (Phi) is 2.78. The van der Waals surface area contributed by atoms with Gasteiger partial charge in [-0.25, -0.2) is 0 Å². The second-order valence-corrected chi connectivity index (χ2v) is 5.98. The molecule has 1 aliphatic heterocycles. The van der Waals surface area contributed by atoms with E-state index in [1.165, 1.54) is 33.3 Å². The van der Waals surface area contributed by atoms with E-state index in [0.29, 0.717) is 0 Å². The number of nitrogens with zero attached hydrogens (tertiary/aromatic N) is 2. The fraction of sp³-hybridized carbons (Fsp3) is 0.263. The summed E-state index contributed by atoms with van der Waals surface area (Å²) in [6.07, 6.45) is 3.24. The molecule has 1 aromatic heterocycles. The standard InChI is InChI=1S/C19H20N2/c1-3-14-4-5-16-12-21(13-17(16)10-14)18-6-7-19-15(11-18)8-9-20(19)2/h4-11H,3,12-13H2,1-2H3. The van der Waals surface area contributed by atoms with Crippen molar-refractivity contribution in [3.8, 4) is 0 Å². The average Bonchev–Trinajstić information content (AvgIpc) is 3.10. The number of aryl methyl sites for hydroxylation is 2. The molecule has 0 saturated carbocycles. The predicted octanol–water partition coefficient (Wildman–Crippen LogP) is 4.26. The summed E-state index contributed by atoms with van der Waals surface area (Å²) in [7, 11) is 2.10. The molecule has 0 atom stereocenters. The Bertz CT molecular complexity index is 814. The van der Waals surface area contributed by atoms with Crippen molar-refractivity contribution in [2.75, 3.05) is 4.90 Å². The van der Waals surface area contributed by atoms with E-state index in [4.69, 9.17) is 0 Å². The summed E-state index contributed by atoms with van der Waals surface area (Å²) in [6.45, 7) is 4.27. The van der Waals surface area contributed by atoms with Crippen molar-refractivity contribution in [2.45, 2.75) is 26.4 Å². The summed E-state index contributed by atoms with van der Waals surface area (Å²) < 4.78 is 2.17. The Balaban J connectivity index is 1.68. The normalized spacial score (nSPS) is 13.9. The van der Waals surface area contributed by atoms with Crippen LogP contribution in [0, 0.1) is 0 Å². The molecule has 2 heterocycles. The van der Waals surface area contributed by atoms with Gasteiger partial charge in [0.25, 0.3) is 0 Å². The minimum Gasteiger partial charge on any atom is -0.363 e. The van der Waals surface area contributed by atoms with E-state index in [1.807, 2.05) is 0 Å². The lowest BCUT2D eigenvalue weighted by Crippen LogP contribution is -2.14. The molecule has 0 spiro atoms. The number of benzene rings is 2. The first-order chi connectivity index (χ1) is 10.2. The lowest BCUT2D eigenvalue weighted by molar-refractivity contribution is 0.881. The molecule has 2 aromatic carbocycles. The van der Waals surface area contributed by atoms with Crippen LogP contribution < -0.4 is 4.90 Å². The third-order valence-corrected chi connectivity index (χ3v) is 4.64. The van der Waals surface area contributed by atoms with Crippen molar-refractivity contribution in [3.63, 3.8) is 0 Å². The van der Waals surface area contributed by atoms with Gasteiger partial charge in [-0.2, -0.15) is 0 Å². The molecule has 0 aliphatic carbocycles. The van der Waals surface area contributed by atoms with E-state index in [2.05, 4.69) is 72.1 Å². The van der Waals surface area contributed by atoms with Crippen molar-refractivity contribution in [2.24, 2.45) is 7.05 Å². The van der Waals surface area contributed by atoms with E-state index in [0.717, 1.165) is 19.5 Å². The molecular formula is C19H20N2. The molecule has 0 unspecified atom stereocenters. The van der Waals surface area contributed by atoms with Gasteiger partial charge < -0.3 is 9.47 Å². The third kappa shape index (κ3) is 2.02. The number of rotatable bonds is 2. The zero-order valence-electron chi connectivity index (χ0n) is 12.6. The highest BCUT2D eigenvalue weighted by molar-refractivity contribution is 5.84. The van der Waals surface area contributed by atoms with Gasteiger partial charge >= 0.3 is 0 Å². The number of fused-ring (bicyclic) bond motifs is 2. The first-order valence-electron chi connectivity index (χ1n) is 7.65. The highest BCUT2D eigenvalue weighted by atomic mass is 15.1. The maximum Gasteiger partial charge on any atom is 0.0479 e. The van der Waals surface area contributed by atoms with Crippen molar-refractivity contribution in [3.05, 3.63) is 65.4 Å². The molecule has 4 rings (SSSR count). The van der Waals surface area contributed by atoms with Gasteiger partial charge in [0.05, 0.1) is 0 Å². The fourth-order valence-electron chi connectivity index (χ4n) is 3.32. The maximum atomic E-state index is 2.47. The van der Waals surface area contributed by atoms with Crippen molar-refractivity contribution in [1.82, 2.24) is 4.57 Å². The summed E-state index contributed by atoms with van der Waals surface area (Å²) in [5, 5.41) is 1.32. The second kappa shape index (κ2) is 4.66. The molecule has 0 saturated heterocycles. The van der Waals surface area contributed by atoms with Crippen LogP contribution >= 0.6 is 0 Å². The Hall–Kier alpha value is -2.22. The SMILES string of the molecule is CCc1ccc2c(c1)CN(c1ccc3c(ccn3C)c1)C2. The van der Waals surface area contributed by atoms with Crippen LogP contribution in [0.15, 0.2) is 48.7 Å². The van der Waals surface area contributed by atoms with Crippen LogP contribution in [0.3, 0.4) is 0 Å². The Morgan fingerprint density at radius 1 is 0.952 bits per heavy atom. The van der Waals surface area contributed by atoms with Crippen molar-refractivity contribution in [1.29, 1.82) is 0 Å². The largest absolute Gasteiger partial charge is 0.363 e. The number of hydrogen-bond acceptors (Lipinski definition) is 1. The van der Waals surface area contributed by atoms with E-state index in [1.54, 1.807) is 0 Å². The first kappa shape index (κ1) is 12.5. The van der Waals surface area contributed by atoms with Crippen LogP contribution in [0.4, 0.5) is 5.69 Å². The molecule has 106 valence electrons. The molecule has 1 aliphatic rings. The first-order valence-corrected chi connectivity index (χ1v) is 7.65. The summed E-state index contributed by atoms with van der Waals surface area (Å²) in [5.74, 6) is 0. The summed E-state index contributed by atoms with van der Waals surface area (Å²) in [6, 6.07) is 15.9. The van der Waals surface area contributed by atoms with Gasteiger partial charge in [-0.1, -0.05) is 25.1 Å². The van der Waals surface area contributed by atoms with Gasteiger partial charge in [0.2, 0.25) is 0 Å². The fourth-order valence-corrected chi connectivity index (χ4v) is 3.32. The number of hydrogen-bond donors (Lipinski definition) is 0. The predicted molar refractivity (Wildman–Crippen MR) is 88.6 cm³/mol. The maximum absolute atomic E-state index is 2.47. The van der Waals surface area contributed by atoms with Crippen molar-refractivity contribution < 1.29 is 0 Å². The second-order valence-electron chi connectivity index (χ2n) is 5.98. The van der Waals surface area contributed by atoms with Gasteiger partial charge in [0.1, 0.15) is 0 Å². The summed E-state index contributed by atoms with van der Waals surface area (Å²) in [4.78, 5) is 2.47. The molecule has 0 fully saturated rings. The molecule has 2 heteroatoms. The summed E-state index contributed by atoms with van der Waals surface area (Å²) in [5.41, 5.74) is 7.02. The molecule has 0 radical (unpaired) electrons. The van der Waals surface area contributed by atoms with Crippen LogP contribution in [-0.2, 0) is 26.6 Å². The molecule has 2 nitrogen and oxygen atoms in total. The zero-order valence-corrected chi connectivity index (χ0v) is 12.6. The topological polar surface area (TPSA) is 8.17 Å². The lowest BCUT2D eigenvalue weighted by Gasteiger charge is -2.18. The van der Waals surface area contributed by atoms with Gasteiger partial charge in [-0.05, 0) is 47.4 Å². The lowest BCUT2D eigenvalue weighted by atomic mass is 10.1. The van der Waals surface area contributed by atoms with Crippen LogP contribution in [-0.4, -0.2) is 4.57 Å². The van der Waals surface area contributed by atoms with Crippen LogP contribution in [0.5, 0.6) is 0 Å². The van der Waals surface area contributed by atoms with Crippen LogP contribution in [0.25, 0.3) is 10.9 Å². The van der Waals surface area contributed by atoms with Crippen molar-refractivity contribution >= 4 is 16.6 Å². The smallest absolute Gasteiger partial charge is 0.0479 e. The van der Waals surface area contributed by atoms with Gasteiger partial charge in [0, 0.05) is 42.9 Å². The molecule has 3 aromatic rings. The number of anilines is 1. The minimum atomic E-state index is 1.03. The summed E-state index contributed by atoms with van der Waals surface area (Å²) >= 11 is 0. The number of aromatic nitrogens is 1. The Morgan fingerprint density at radius 3 is 2.67 bits per heavy atom. The minimum absolute atomic E-state index is 1.03. The van der Waals surface area contributed by atoms with Crippen LogP contribution in [0.1, 0.15) is 23.6 Å².